The summed E-state index contributed by atoms with van der Waals surface area (Å²) in [5, 5.41) is 11.8. The minimum absolute atomic E-state index is 0.0727. The SMILES string of the molecule is Cc1ncc(NC(=O)c2cccc(C(F)(F)F)c2)cc1-c1cc(OCCO)nc(N2CCOCC2)c1. The van der Waals surface area contributed by atoms with E-state index in [1.54, 1.807) is 19.1 Å². The Morgan fingerprint density at radius 2 is 1.97 bits per heavy atom. The maximum absolute atomic E-state index is 13.0. The summed E-state index contributed by atoms with van der Waals surface area (Å²) in [6.07, 6.45) is -3.11. The molecule has 2 N–H and O–H groups in total. The standard InChI is InChI=1S/C25H25F3N4O4/c1-16-21(18-12-22(32-5-8-35-9-6-32)31-23(13-18)36-10-7-33)14-20(15-29-16)30-24(34)17-3-2-4-19(11-17)25(26,27)28/h2-4,11-15,33H,5-10H2,1H3,(H,30,34). The molecule has 36 heavy (non-hydrogen) atoms. The van der Waals surface area contributed by atoms with Crippen molar-refractivity contribution in [1.29, 1.82) is 0 Å². The van der Waals surface area contributed by atoms with Crippen LogP contribution in [-0.4, -0.2) is 60.5 Å². The Hall–Kier alpha value is -3.70. The Morgan fingerprint density at radius 3 is 2.69 bits per heavy atom. The van der Waals surface area contributed by atoms with Crippen molar-refractivity contribution in [3.05, 3.63) is 65.5 Å². The van der Waals surface area contributed by atoms with E-state index in [-0.39, 0.29) is 18.8 Å². The largest absolute Gasteiger partial charge is 0.475 e. The molecule has 4 rings (SSSR count). The number of carbonyl (C=O) groups excluding carboxylic acids is 1. The highest BCUT2D eigenvalue weighted by molar-refractivity contribution is 6.04. The number of morpholine rings is 1. The molecule has 1 aromatic carbocycles. The summed E-state index contributed by atoms with van der Waals surface area (Å²) in [4.78, 5) is 23.6. The Balaban J connectivity index is 1.64. The lowest BCUT2D eigenvalue weighted by Gasteiger charge is -2.28. The molecular formula is C25H25F3N4O4. The summed E-state index contributed by atoms with van der Waals surface area (Å²) >= 11 is 0. The van der Waals surface area contributed by atoms with Crippen LogP contribution in [0.25, 0.3) is 11.1 Å². The molecule has 1 fully saturated rings. The average molecular weight is 502 g/mol. The summed E-state index contributed by atoms with van der Waals surface area (Å²) in [5.74, 6) is 0.302. The van der Waals surface area contributed by atoms with E-state index in [0.717, 1.165) is 17.7 Å². The van der Waals surface area contributed by atoms with Gasteiger partial charge in [0, 0.05) is 36.0 Å². The molecule has 3 aromatic rings. The lowest BCUT2D eigenvalue weighted by atomic mass is 10.0. The van der Waals surface area contributed by atoms with Crippen molar-refractivity contribution >= 4 is 17.4 Å². The van der Waals surface area contributed by atoms with Crippen LogP contribution in [0.3, 0.4) is 0 Å². The minimum atomic E-state index is -4.55. The number of ether oxygens (including phenoxy) is 2. The van der Waals surface area contributed by atoms with Gasteiger partial charge in [0.25, 0.3) is 5.91 Å². The second kappa shape index (κ2) is 10.9. The summed E-state index contributed by atoms with van der Waals surface area (Å²) in [6, 6.07) is 9.50. The van der Waals surface area contributed by atoms with Gasteiger partial charge in [-0.15, -0.1) is 0 Å². The zero-order valence-electron chi connectivity index (χ0n) is 19.5. The zero-order chi connectivity index (χ0) is 25.7. The third kappa shape index (κ3) is 6.10. The molecule has 11 heteroatoms. The third-order valence-electron chi connectivity index (χ3n) is 5.57. The van der Waals surface area contributed by atoms with E-state index in [1.165, 1.54) is 18.3 Å². The molecule has 2 aromatic heterocycles. The van der Waals surface area contributed by atoms with Crippen LogP contribution in [0, 0.1) is 6.92 Å². The topological polar surface area (TPSA) is 96.8 Å². The first-order chi connectivity index (χ1) is 17.2. The Morgan fingerprint density at radius 1 is 1.19 bits per heavy atom. The van der Waals surface area contributed by atoms with E-state index in [2.05, 4.69) is 20.2 Å². The molecule has 1 saturated heterocycles. The highest BCUT2D eigenvalue weighted by Gasteiger charge is 2.31. The molecule has 0 radical (unpaired) electrons. The smallest absolute Gasteiger partial charge is 0.416 e. The fourth-order valence-corrected chi connectivity index (χ4v) is 3.76. The van der Waals surface area contributed by atoms with Crippen molar-refractivity contribution in [3.63, 3.8) is 0 Å². The highest BCUT2D eigenvalue weighted by atomic mass is 19.4. The molecule has 1 amide bonds. The molecule has 3 heterocycles. The van der Waals surface area contributed by atoms with Gasteiger partial charge >= 0.3 is 6.18 Å². The lowest BCUT2D eigenvalue weighted by molar-refractivity contribution is -0.137. The number of anilines is 2. The van der Waals surface area contributed by atoms with Crippen LogP contribution >= 0.6 is 0 Å². The summed E-state index contributed by atoms with van der Waals surface area (Å²) in [5.41, 5.74) is 1.37. The summed E-state index contributed by atoms with van der Waals surface area (Å²) in [6.45, 7) is 4.14. The van der Waals surface area contributed by atoms with E-state index < -0.39 is 17.6 Å². The first-order valence-electron chi connectivity index (χ1n) is 11.3. The van der Waals surface area contributed by atoms with Crippen LogP contribution in [0.4, 0.5) is 24.7 Å². The number of aromatic nitrogens is 2. The van der Waals surface area contributed by atoms with Crippen molar-refractivity contribution in [2.24, 2.45) is 0 Å². The molecule has 0 aliphatic carbocycles. The minimum Gasteiger partial charge on any atom is -0.475 e. The first kappa shape index (κ1) is 25.4. The van der Waals surface area contributed by atoms with Gasteiger partial charge in [-0.2, -0.15) is 18.2 Å². The van der Waals surface area contributed by atoms with Gasteiger partial charge in [-0.25, -0.2) is 0 Å². The number of hydrogen-bond donors (Lipinski definition) is 2. The van der Waals surface area contributed by atoms with Crippen LogP contribution in [0.1, 0.15) is 21.6 Å². The summed E-state index contributed by atoms with van der Waals surface area (Å²) < 4.78 is 50.1. The van der Waals surface area contributed by atoms with Crippen molar-refractivity contribution in [2.45, 2.75) is 13.1 Å². The quantitative estimate of drug-likeness (QED) is 0.505. The number of hydrogen-bond acceptors (Lipinski definition) is 7. The number of nitrogens with one attached hydrogen (secondary N) is 1. The Bertz CT molecular complexity index is 1230. The average Bonchev–Trinajstić information content (AvgIpc) is 2.88. The van der Waals surface area contributed by atoms with E-state index in [4.69, 9.17) is 14.6 Å². The number of aliphatic hydroxyl groups is 1. The van der Waals surface area contributed by atoms with Gasteiger partial charge in [-0.05, 0) is 42.8 Å². The summed E-state index contributed by atoms with van der Waals surface area (Å²) in [7, 11) is 0. The Labute approximate surface area is 205 Å². The monoisotopic (exact) mass is 502 g/mol. The molecule has 8 nitrogen and oxygen atoms in total. The van der Waals surface area contributed by atoms with Crippen molar-refractivity contribution in [2.75, 3.05) is 49.7 Å². The number of rotatable bonds is 7. The van der Waals surface area contributed by atoms with Gasteiger partial charge in [0.1, 0.15) is 12.4 Å². The molecule has 190 valence electrons. The zero-order valence-corrected chi connectivity index (χ0v) is 19.5. The number of pyridine rings is 2. The van der Waals surface area contributed by atoms with Gasteiger partial charge in [-0.1, -0.05) is 6.07 Å². The maximum atomic E-state index is 13.0. The van der Waals surface area contributed by atoms with Crippen LogP contribution in [0.15, 0.2) is 48.7 Å². The van der Waals surface area contributed by atoms with Crippen LogP contribution < -0.4 is 15.0 Å². The van der Waals surface area contributed by atoms with Gasteiger partial charge in [0.2, 0.25) is 5.88 Å². The molecule has 1 aliphatic heterocycles. The normalized spacial score (nSPS) is 14.0. The van der Waals surface area contributed by atoms with Gasteiger partial charge < -0.3 is 24.8 Å². The predicted molar refractivity (Wildman–Crippen MR) is 127 cm³/mol. The number of alkyl halides is 3. The van der Waals surface area contributed by atoms with Crippen molar-refractivity contribution in [1.82, 2.24) is 9.97 Å². The van der Waals surface area contributed by atoms with Gasteiger partial charge in [-0.3, -0.25) is 9.78 Å². The number of aliphatic hydroxyl groups excluding tert-OH is 1. The van der Waals surface area contributed by atoms with Crippen LogP contribution in [0.2, 0.25) is 0 Å². The van der Waals surface area contributed by atoms with Crippen molar-refractivity contribution in [3.8, 4) is 17.0 Å². The second-order valence-corrected chi connectivity index (χ2v) is 8.11. The molecule has 0 atom stereocenters. The molecule has 0 saturated carbocycles. The van der Waals surface area contributed by atoms with Crippen LogP contribution in [0.5, 0.6) is 5.88 Å². The van der Waals surface area contributed by atoms with Gasteiger partial charge in [0.15, 0.2) is 0 Å². The molecule has 0 bridgehead atoms. The number of benzene rings is 1. The van der Waals surface area contributed by atoms with E-state index in [1.807, 2.05) is 6.07 Å². The van der Waals surface area contributed by atoms with Crippen LogP contribution in [-0.2, 0) is 10.9 Å². The van der Waals surface area contributed by atoms with E-state index in [9.17, 15) is 18.0 Å². The first-order valence-corrected chi connectivity index (χ1v) is 11.3. The van der Waals surface area contributed by atoms with Gasteiger partial charge in [0.05, 0.1) is 37.3 Å². The fourth-order valence-electron chi connectivity index (χ4n) is 3.76. The second-order valence-electron chi connectivity index (χ2n) is 8.11. The molecular weight excluding hydrogens is 477 g/mol. The van der Waals surface area contributed by atoms with Crippen molar-refractivity contribution < 1.29 is 32.5 Å². The molecule has 1 aliphatic rings. The number of amides is 1. The predicted octanol–water partition coefficient (Wildman–Crippen LogP) is 3.93. The maximum Gasteiger partial charge on any atom is 0.416 e. The molecule has 0 spiro atoms. The number of halogens is 3. The highest BCUT2D eigenvalue weighted by Crippen LogP contribution is 2.32. The number of carbonyl (C=O) groups is 1. The number of aryl methyl sites for hydroxylation is 1. The fraction of sp³-hybridized carbons (Fsp3) is 0.320. The molecule has 0 unspecified atom stereocenters. The van der Waals surface area contributed by atoms with E-state index in [0.29, 0.717) is 54.9 Å². The Kier molecular flexibility index (Phi) is 7.70. The lowest BCUT2D eigenvalue weighted by Crippen LogP contribution is -2.36. The third-order valence-corrected chi connectivity index (χ3v) is 5.57. The number of nitrogens with zero attached hydrogens (tertiary/aromatic N) is 3. The van der Waals surface area contributed by atoms with E-state index >= 15 is 0 Å².